The SMILES string of the molecule is COC(=O)c1c(C(=O)O)nn(-c2ccccc2)c1C. The van der Waals surface area contributed by atoms with Crippen LogP contribution in [0.4, 0.5) is 0 Å². The van der Waals surface area contributed by atoms with Gasteiger partial charge in [-0.2, -0.15) is 5.10 Å². The molecule has 19 heavy (non-hydrogen) atoms. The Labute approximate surface area is 109 Å². The number of nitrogens with zero attached hydrogens (tertiary/aromatic N) is 2. The van der Waals surface area contributed by atoms with Crippen LogP contribution in [0.15, 0.2) is 30.3 Å². The number of hydrogen-bond acceptors (Lipinski definition) is 4. The van der Waals surface area contributed by atoms with Crippen LogP contribution in [0.2, 0.25) is 0 Å². The van der Waals surface area contributed by atoms with Gasteiger partial charge >= 0.3 is 11.9 Å². The number of carbonyl (C=O) groups is 2. The van der Waals surface area contributed by atoms with Crippen LogP contribution >= 0.6 is 0 Å². The molecule has 0 saturated heterocycles. The number of aromatic nitrogens is 2. The summed E-state index contributed by atoms with van der Waals surface area (Å²) < 4.78 is 6.01. The van der Waals surface area contributed by atoms with Gasteiger partial charge in [0.2, 0.25) is 0 Å². The van der Waals surface area contributed by atoms with E-state index in [-0.39, 0.29) is 11.3 Å². The molecule has 1 N–H and O–H groups in total. The summed E-state index contributed by atoms with van der Waals surface area (Å²) in [5.41, 5.74) is 0.764. The highest BCUT2D eigenvalue weighted by molar-refractivity contribution is 6.02. The molecule has 0 amide bonds. The van der Waals surface area contributed by atoms with E-state index in [2.05, 4.69) is 9.84 Å². The summed E-state index contributed by atoms with van der Waals surface area (Å²) in [6.45, 7) is 1.62. The fourth-order valence-electron chi connectivity index (χ4n) is 1.82. The van der Waals surface area contributed by atoms with Crippen molar-refractivity contribution in [2.24, 2.45) is 0 Å². The molecule has 1 aromatic heterocycles. The third kappa shape index (κ3) is 2.20. The van der Waals surface area contributed by atoms with Crippen molar-refractivity contribution in [3.8, 4) is 5.69 Å². The van der Waals surface area contributed by atoms with Gasteiger partial charge in [-0.3, -0.25) is 0 Å². The van der Waals surface area contributed by atoms with Gasteiger partial charge in [-0.15, -0.1) is 0 Å². The summed E-state index contributed by atoms with van der Waals surface area (Å²) in [5.74, 6) is -1.98. The standard InChI is InChI=1S/C13H12N2O4/c1-8-10(13(18)19-2)11(12(16)17)14-15(8)9-6-4-3-5-7-9/h3-7H,1-2H3,(H,16,17). The molecule has 0 spiro atoms. The van der Waals surface area contributed by atoms with Gasteiger partial charge in [-0.1, -0.05) is 18.2 Å². The highest BCUT2D eigenvalue weighted by atomic mass is 16.5. The van der Waals surface area contributed by atoms with E-state index in [0.717, 1.165) is 0 Å². The Hall–Kier alpha value is -2.63. The van der Waals surface area contributed by atoms with Crippen molar-refractivity contribution in [2.45, 2.75) is 6.92 Å². The van der Waals surface area contributed by atoms with Gasteiger partial charge < -0.3 is 9.84 Å². The predicted octanol–water partition coefficient (Wildman–Crippen LogP) is 1.67. The molecule has 2 rings (SSSR count). The van der Waals surface area contributed by atoms with Crippen LogP contribution in [0.1, 0.15) is 26.5 Å². The second kappa shape index (κ2) is 4.93. The van der Waals surface area contributed by atoms with E-state index in [9.17, 15) is 9.59 Å². The summed E-state index contributed by atoms with van der Waals surface area (Å²) in [6, 6.07) is 8.98. The van der Waals surface area contributed by atoms with Gasteiger partial charge in [0.05, 0.1) is 18.5 Å². The van der Waals surface area contributed by atoms with Crippen LogP contribution in [0, 0.1) is 6.92 Å². The second-order valence-electron chi connectivity index (χ2n) is 3.85. The number of carboxylic acid groups (broad SMARTS) is 1. The number of carboxylic acids is 1. The highest BCUT2D eigenvalue weighted by Gasteiger charge is 2.26. The molecule has 0 aliphatic rings. The zero-order valence-electron chi connectivity index (χ0n) is 10.5. The second-order valence-corrected chi connectivity index (χ2v) is 3.85. The Morgan fingerprint density at radius 3 is 2.42 bits per heavy atom. The average Bonchev–Trinajstić information content (AvgIpc) is 2.77. The van der Waals surface area contributed by atoms with Crippen molar-refractivity contribution in [1.29, 1.82) is 0 Å². The maximum absolute atomic E-state index is 11.7. The minimum atomic E-state index is -1.27. The lowest BCUT2D eigenvalue weighted by molar-refractivity contribution is 0.0581. The number of methoxy groups -OCH3 is 1. The first-order valence-electron chi connectivity index (χ1n) is 5.53. The molecule has 0 aliphatic carbocycles. The van der Waals surface area contributed by atoms with Gasteiger partial charge in [0.1, 0.15) is 5.56 Å². The topological polar surface area (TPSA) is 81.4 Å². The quantitative estimate of drug-likeness (QED) is 0.849. The smallest absolute Gasteiger partial charge is 0.357 e. The molecule has 0 fully saturated rings. The molecule has 1 heterocycles. The molecule has 0 atom stereocenters. The predicted molar refractivity (Wildman–Crippen MR) is 66.6 cm³/mol. The lowest BCUT2D eigenvalue weighted by Crippen LogP contribution is -2.09. The van der Waals surface area contributed by atoms with E-state index in [1.807, 2.05) is 6.07 Å². The molecule has 6 heteroatoms. The summed E-state index contributed by atoms with van der Waals surface area (Å²) in [4.78, 5) is 22.8. The number of carbonyl (C=O) groups excluding carboxylic acids is 1. The Kier molecular flexibility index (Phi) is 3.33. The molecule has 0 radical (unpaired) electrons. The first-order valence-corrected chi connectivity index (χ1v) is 5.53. The number of benzene rings is 1. The van der Waals surface area contributed by atoms with Crippen molar-refractivity contribution < 1.29 is 19.4 Å². The van der Waals surface area contributed by atoms with Crippen LogP contribution < -0.4 is 0 Å². The number of hydrogen-bond donors (Lipinski definition) is 1. The van der Waals surface area contributed by atoms with Crippen molar-refractivity contribution in [1.82, 2.24) is 9.78 Å². The van der Waals surface area contributed by atoms with Gasteiger partial charge in [0.25, 0.3) is 0 Å². The van der Waals surface area contributed by atoms with E-state index in [0.29, 0.717) is 11.4 Å². The molecule has 0 saturated carbocycles. The monoisotopic (exact) mass is 260 g/mol. The van der Waals surface area contributed by atoms with Crippen LogP contribution in [-0.2, 0) is 4.74 Å². The molecular weight excluding hydrogens is 248 g/mol. The first kappa shape index (κ1) is 12.8. The van der Waals surface area contributed by atoms with E-state index in [4.69, 9.17) is 5.11 Å². The maximum Gasteiger partial charge on any atom is 0.357 e. The largest absolute Gasteiger partial charge is 0.476 e. The number of para-hydroxylation sites is 1. The molecule has 0 unspecified atom stereocenters. The fraction of sp³-hybridized carbons (Fsp3) is 0.154. The van der Waals surface area contributed by atoms with Gasteiger partial charge in [-0.25, -0.2) is 14.3 Å². The molecule has 2 aromatic rings. The van der Waals surface area contributed by atoms with Crippen LogP contribution in [0.3, 0.4) is 0 Å². The van der Waals surface area contributed by atoms with E-state index in [1.165, 1.54) is 11.8 Å². The van der Waals surface area contributed by atoms with E-state index < -0.39 is 11.9 Å². The number of rotatable bonds is 3. The van der Waals surface area contributed by atoms with E-state index in [1.54, 1.807) is 31.2 Å². The molecule has 0 aliphatic heterocycles. The molecule has 0 bridgehead atoms. The summed E-state index contributed by atoms with van der Waals surface area (Å²) in [7, 11) is 1.20. The van der Waals surface area contributed by atoms with Gasteiger partial charge in [0, 0.05) is 0 Å². The Morgan fingerprint density at radius 2 is 1.89 bits per heavy atom. The van der Waals surface area contributed by atoms with Crippen LogP contribution in [-0.4, -0.2) is 33.9 Å². The van der Waals surface area contributed by atoms with E-state index >= 15 is 0 Å². The number of aromatic carboxylic acids is 1. The third-order valence-electron chi connectivity index (χ3n) is 2.71. The zero-order chi connectivity index (χ0) is 14.0. The Morgan fingerprint density at radius 1 is 1.26 bits per heavy atom. The minimum absolute atomic E-state index is 0.0288. The summed E-state index contributed by atoms with van der Waals surface area (Å²) >= 11 is 0. The van der Waals surface area contributed by atoms with Crippen molar-refractivity contribution in [2.75, 3.05) is 7.11 Å². The first-order chi connectivity index (χ1) is 9.06. The molecule has 98 valence electrons. The minimum Gasteiger partial charge on any atom is -0.476 e. The number of ether oxygens (including phenoxy) is 1. The number of esters is 1. The van der Waals surface area contributed by atoms with Crippen LogP contribution in [0.5, 0.6) is 0 Å². The normalized spacial score (nSPS) is 10.2. The zero-order valence-corrected chi connectivity index (χ0v) is 10.5. The van der Waals surface area contributed by atoms with Crippen molar-refractivity contribution >= 4 is 11.9 Å². The maximum atomic E-state index is 11.7. The Balaban J connectivity index is 2.66. The fourth-order valence-corrected chi connectivity index (χ4v) is 1.82. The van der Waals surface area contributed by atoms with Crippen molar-refractivity contribution in [3.05, 3.63) is 47.3 Å². The Bertz CT molecular complexity index is 632. The molecular formula is C13H12N2O4. The summed E-state index contributed by atoms with van der Waals surface area (Å²) in [5, 5.41) is 13.1. The lowest BCUT2D eigenvalue weighted by atomic mass is 10.2. The van der Waals surface area contributed by atoms with Crippen LogP contribution in [0.25, 0.3) is 5.69 Å². The molecule has 1 aromatic carbocycles. The lowest BCUT2D eigenvalue weighted by Gasteiger charge is -2.03. The van der Waals surface area contributed by atoms with Gasteiger partial charge in [0.15, 0.2) is 5.69 Å². The summed E-state index contributed by atoms with van der Waals surface area (Å²) in [6.07, 6.45) is 0. The van der Waals surface area contributed by atoms with Gasteiger partial charge in [-0.05, 0) is 19.1 Å². The molecule has 6 nitrogen and oxygen atoms in total. The third-order valence-corrected chi connectivity index (χ3v) is 2.71. The average molecular weight is 260 g/mol. The highest BCUT2D eigenvalue weighted by Crippen LogP contribution is 2.19. The van der Waals surface area contributed by atoms with Crippen molar-refractivity contribution in [3.63, 3.8) is 0 Å².